The first kappa shape index (κ1) is 25.8. The van der Waals surface area contributed by atoms with Crippen molar-refractivity contribution in [2.45, 2.75) is 0 Å². The van der Waals surface area contributed by atoms with E-state index in [1.807, 2.05) is 0 Å². The van der Waals surface area contributed by atoms with Gasteiger partial charge in [0.25, 0.3) is 0 Å². The highest BCUT2D eigenvalue weighted by Crippen LogP contribution is 2.47. The van der Waals surface area contributed by atoms with Crippen molar-refractivity contribution in [3.8, 4) is 27.9 Å². The minimum atomic E-state index is 1.16. The Kier molecular flexibility index (Phi) is 5.14. The van der Waals surface area contributed by atoms with Gasteiger partial charge in [-0.05, 0) is 69.4 Å². The highest BCUT2D eigenvalue weighted by Gasteiger charge is 2.24. The number of fused-ring (bicyclic) bond motifs is 8. The van der Waals surface area contributed by atoms with Crippen molar-refractivity contribution >= 4 is 70.7 Å². The SMILES string of the molecule is c1ccc(-c2ccccc2-c2cccc(-n3c4cc5ccccc5c5c6ccccc6n6c7ccccc7c7ccc3c(c54)c76)c2)cc1. The van der Waals surface area contributed by atoms with Gasteiger partial charge in [0.2, 0.25) is 0 Å². The third kappa shape index (κ3) is 3.36. The number of para-hydroxylation sites is 2. The first-order valence-corrected chi connectivity index (χ1v) is 16.6. The van der Waals surface area contributed by atoms with Crippen molar-refractivity contribution < 1.29 is 0 Å². The summed E-state index contributed by atoms with van der Waals surface area (Å²) in [6, 6.07) is 62.4. The molecule has 0 spiro atoms. The second-order valence-electron chi connectivity index (χ2n) is 12.9. The number of benzene rings is 8. The second-order valence-corrected chi connectivity index (χ2v) is 12.9. The van der Waals surface area contributed by atoms with Crippen LogP contribution >= 0.6 is 0 Å². The molecule has 0 amide bonds. The lowest BCUT2D eigenvalue weighted by Crippen LogP contribution is -1.95. The Morgan fingerprint density at radius 3 is 1.81 bits per heavy atom. The quantitative estimate of drug-likeness (QED) is 0.189. The zero-order valence-corrected chi connectivity index (χ0v) is 26.1. The Morgan fingerprint density at radius 2 is 0.979 bits per heavy atom. The van der Waals surface area contributed by atoms with Gasteiger partial charge in [0.15, 0.2) is 0 Å². The fourth-order valence-electron chi connectivity index (χ4n) is 8.48. The summed E-state index contributed by atoms with van der Waals surface area (Å²) in [5.74, 6) is 0. The van der Waals surface area contributed by atoms with E-state index in [4.69, 9.17) is 0 Å². The maximum Gasteiger partial charge on any atom is 0.0641 e. The van der Waals surface area contributed by atoms with E-state index >= 15 is 0 Å². The fourth-order valence-corrected chi connectivity index (χ4v) is 8.48. The number of hydrogen-bond donors (Lipinski definition) is 0. The maximum atomic E-state index is 2.52. The van der Waals surface area contributed by atoms with E-state index in [0.29, 0.717) is 0 Å². The van der Waals surface area contributed by atoms with Crippen LogP contribution in [-0.4, -0.2) is 8.97 Å². The molecular formula is C46H28N2. The predicted molar refractivity (Wildman–Crippen MR) is 204 cm³/mol. The summed E-state index contributed by atoms with van der Waals surface area (Å²) >= 11 is 0. The minimum Gasteiger partial charge on any atom is -0.309 e. The Balaban J connectivity index is 1.34. The third-order valence-electron chi connectivity index (χ3n) is 10.4. The van der Waals surface area contributed by atoms with Crippen molar-refractivity contribution in [1.29, 1.82) is 0 Å². The van der Waals surface area contributed by atoms with Crippen LogP contribution in [0, 0.1) is 0 Å². The van der Waals surface area contributed by atoms with Crippen molar-refractivity contribution in [3.05, 3.63) is 170 Å². The Bertz CT molecular complexity index is 3050. The summed E-state index contributed by atoms with van der Waals surface area (Å²) in [4.78, 5) is 0. The molecule has 0 N–H and O–H groups in total. The van der Waals surface area contributed by atoms with Gasteiger partial charge in [0, 0.05) is 38.0 Å². The summed E-state index contributed by atoms with van der Waals surface area (Å²) in [5, 5.41) is 10.3. The lowest BCUT2D eigenvalue weighted by Gasteiger charge is -2.14. The lowest BCUT2D eigenvalue weighted by atomic mass is 9.94. The summed E-state index contributed by atoms with van der Waals surface area (Å²) in [6.45, 7) is 0. The van der Waals surface area contributed by atoms with E-state index in [2.05, 4.69) is 179 Å². The minimum absolute atomic E-state index is 1.16. The van der Waals surface area contributed by atoms with E-state index in [1.165, 1.54) is 92.9 Å². The molecule has 0 aliphatic heterocycles. The lowest BCUT2D eigenvalue weighted by molar-refractivity contribution is 1.18. The molecule has 0 atom stereocenters. The first-order valence-electron chi connectivity index (χ1n) is 16.6. The van der Waals surface area contributed by atoms with E-state index in [0.717, 1.165) is 5.69 Å². The molecule has 48 heavy (non-hydrogen) atoms. The predicted octanol–water partition coefficient (Wildman–Crippen LogP) is 12.4. The monoisotopic (exact) mass is 608 g/mol. The molecule has 0 unspecified atom stereocenters. The van der Waals surface area contributed by atoms with Crippen LogP contribution in [0.3, 0.4) is 0 Å². The van der Waals surface area contributed by atoms with Crippen LogP contribution in [0.25, 0.3) is 98.6 Å². The van der Waals surface area contributed by atoms with Gasteiger partial charge in [0.05, 0.1) is 27.6 Å². The number of rotatable bonds is 3. The average molecular weight is 609 g/mol. The van der Waals surface area contributed by atoms with E-state index < -0.39 is 0 Å². The van der Waals surface area contributed by atoms with Gasteiger partial charge in [-0.25, -0.2) is 0 Å². The summed E-state index contributed by atoms with van der Waals surface area (Å²) in [6.07, 6.45) is 0. The van der Waals surface area contributed by atoms with Crippen LogP contribution in [0.2, 0.25) is 0 Å². The number of hydrogen-bond acceptors (Lipinski definition) is 0. The van der Waals surface area contributed by atoms with Crippen LogP contribution in [0.4, 0.5) is 0 Å². The molecule has 2 heteroatoms. The average Bonchev–Trinajstić information content (AvgIpc) is 3.62. The first-order chi connectivity index (χ1) is 23.8. The summed E-state index contributed by atoms with van der Waals surface area (Å²) in [5.41, 5.74) is 12.3. The van der Waals surface area contributed by atoms with Crippen LogP contribution in [0.1, 0.15) is 0 Å². The molecule has 0 radical (unpaired) electrons. The molecule has 0 aliphatic rings. The fraction of sp³-hybridized carbons (Fsp3) is 0. The molecule has 0 saturated carbocycles. The van der Waals surface area contributed by atoms with Crippen LogP contribution in [0.5, 0.6) is 0 Å². The molecule has 222 valence electrons. The van der Waals surface area contributed by atoms with Gasteiger partial charge < -0.3 is 8.97 Å². The zero-order valence-electron chi connectivity index (χ0n) is 26.1. The van der Waals surface area contributed by atoms with E-state index in [-0.39, 0.29) is 0 Å². The van der Waals surface area contributed by atoms with Crippen molar-refractivity contribution in [1.82, 2.24) is 8.97 Å². The molecule has 0 aliphatic carbocycles. The second kappa shape index (κ2) is 9.57. The molecular weight excluding hydrogens is 581 g/mol. The highest BCUT2D eigenvalue weighted by atomic mass is 15.0. The van der Waals surface area contributed by atoms with Gasteiger partial charge in [-0.3, -0.25) is 0 Å². The van der Waals surface area contributed by atoms with Crippen molar-refractivity contribution in [2.24, 2.45) is 0 Å². The summed E-state index contributed by atoms with van der Waals surface area (Å²) in [7, 11) is 0. The Labute approximate surface area is 276 Å². The van der Waals surface area contributed by atoms with Gasteiger partial charge in [0.1, 0.15) is 0 Å². The van der Waals surface area contributed by atoms with Gasteiger partial charge in [-0.15, -0.1) is 0 Å². The van der Waals surface area contributed by atoms with Crippen molar-refractivity contribution in [2.75, 3.05) is 0 Å². The standard InChI is InChI=1S/C46H28N2/c1-2-13-29(14-3-1)33-18-6-7-19-34(33)30-16-12-17-32(27-30)47-41-26-25-37-36-21-8-10-23-39(36)48-40-24-11-9-22-38(40)43-35-20-5-4-15-31(35)28-42(47)44(43)45(41)46(37)48/h1-28H. The zero-order chi connectivity index (χ0) is 31.3. The molecule has 0 fully saturated rings. The molecule has 2 nitrogen and oxygen atoms in total. The Hall–Kier alpha value is -6.38. The number of aromatic nitrogens is 2. The molecule has 11 aromatic rings. The van der Waals surface area contributed by atoms with Crippen molar-refractivity contribution in [3.63, 3.8) is 0 Å². The normalized spacial score (nSPS) is 12.2. The highest BCUT2D eigenvalue weighted by molar-refractivity contribution is 6.37. The van der Waals surface area contributed by atoms with E-state index in [1.54, 1.807) is 0 Å². The largest absolute Gasteiger partial charge is 0.309 e. The van der Waals surface area contributed by atoms with Gasteiger partial charge >= 0.3 is 0 Å². The Morgan fingerprint density at radius 1 is 0.333 bits per heavy atom. The third-order valence-corrected chi connectivity index (χ3v) is 10.4. The van der Waals surface area contributed by atoms with Gasteiger partial charge in [-0.1, -0.05) is 133 Å². The van der Waals surface area contributed by atoms with Crippen LogP contribution in [-0.2, 0) is 0 Å². The number of nitrogens with zero attached hydrogens (tertiary/aromatic N) is 2. The summed E-state index contributed by atoms with van der Waals surface area (Å²) < 4.78 is 5.03. The molecule has 0 bridgehead atoms. The topological polar surface area (TPSA) is 9.34 Å². The van der Waals surface area contributed by atoms with Crippen LogP contribution < -0.4 is 0 Å². The van der Waals surface area contributed by atoms with E-state index in [9.17, 15) is 0 Å². The molecule has 11 rings (SSSR count). The maximum absolute atomic E-state index is 2.52. The molecule has 3 aromatic heterocycles. The molecule has 8 aromatic carbocycles. The van der Waals surface area contributed by atoms with Gasteiger partial charge in [-0.2, -0.15) is 0 Å². The molecule has 3 heterocycles. The molecule has 0 saturated heterocycles. The smallest absolute Gasteiger partial charge is 0.0641 e. The van der Waals surface area contributed by atoms with Crippen LogP contribution in [0.15, 0.2) is 170 Å².